The number of nitrogens with zero attached hydrogens (tertiary/aromatic N) is 1. The molecule has 108 valence electrons. The van der Waals surface area contributed by atoms with Gasteiger partial charge in [0.2, 0.25) is 0 Å². The lowest BCUT2D eigenvalue weighted by Gasteiger charge is -2.16. The number of hydrogen-bond acceptors (Lipinski definition) is 3. The number of aliphatic hydroxyl groups excluding tert-OH is 1. The first kappa shape index (κ1) is 12.7. The van der Waals surface area contributed by atoms with Crippen LogP contribution in [-0.2, 0) is 12.8 Å². The zero-order valence-corrected chi connectivity index (χ0v) is 12.2. The van der Waals surface area contributed by atoms with E-state index in [0.29, 0.717) is 0 Å². The van der Waals surface area contributed by atoms with E-state index in [0.717, 1.165) is 42.9 Å². The van der Waals surface area contributed by atoms with Crippen molar-refractivity contribution in [3.8, 4) is 5.75 Å². The molecular formula is C18H19NO2. The Bertz CT molecular complexity index is 696. The number of benzene rings is 2. The second-order valence-corrected chi connectivity index (χ2v) is 5.93. The Morgan fingerprint density at radius 1 is 1.05 bits per heavy atom. The molecule has 0 saturated heterocycles. The minimum Gasteiger partial charge on any atom is -0.493 e. The summed E-state index contributed by atoms with van der Waals surface area (Å²) in [4.78, 5) is 2.26. The zero-order chi connectivity index (χ0) is 14.4. The number of ether oxygens (including phenoxy) is 1. The van der Waals surface area contributed by atoms with E-state index in [1.54, 1.807) is 0 Å². The maximum absolute atomic E-state index is 10.7. The lowest BCUT2D eigenvalue weighted by Crippen LogP contribution is -2.12. The maximum Gasteiger partial charge on any atom is 0.122 e. The summed E-state index contributed by atoms with van der Waals surface area (Å²) in [6, 6.07) is 12.3. The molecule has 0 fully saturated rings. The molecule has 1 N–H and O–H groups in total. The highest BCUT2D eigenvalue weighted by Gasteiger charge is 2.20. The quantitative estimate of drug-likeness (QED) is 0.918. The van der Waals surface area contributed by atoms with Crippen molar-refractivity contribution < 1.29 is 9.84 Å². The summed E-state index contributed by atoms with van der Waals surface area (Å²) in [5.74, 6) is 0.960. The summed E-state index contributed by atoms with van der Waals surface area (Å²) in [5.41, 5.74) is 5.74. The van der Waals surface area contributed by atoms with Crippen LogP contribution in [0.15, 0.2) is 36.4 Å². The predicted molar refractivity (Wildman–Crippen MR) is 83.1 cm³/mol. The molecule has 0 spiro atoms. The molecule has 2 aliphatic rings. The molecule has 1 unspecified atom stereocenters. The van der Waals surface area contributed by atoms with Crippen LogP contribution in [0.3, 0.4) is 0 Å². The van der Waals surface area contributed by atoms with E-state index < -0.39 is 6.10 Å². The average molecular weight is 281 g/mol. The molecule has 0 saturated carbocycles. The highest BCUT2D eigenvalue weighted by Crippen LogP contribution is 2.33. The fourth-order valence-corrected chi connectivity index (χ4v) is 3.33. The van der Waals surface area contributed by atoms with Crippen LogP contribution in [0.4, 0.5) is 5.69 Å². The Morgan fingerprint density at radius 3 is 2.67 bits per heavy atom. The minimum absolute atomic E-state index is 0.563. The van der Waals surface area contributed by atoms with Crippen LogP contribution >= 0.6 is 0 Å². The van der Waals surface area contributed by atoms with Crippen LogP contribution in [0.25, 0.3) is 0 Å². The van der Waals surface area contributed by atoms with Crippen LogP contribution in [0, 0.1) is 0 Å². The van der Waals surface area contributed by atoms with Gasteiger partial charge >= 0.3 is 0 Å². The number of aliphatic hydroxyl groups is 1. The van der Waals surface area contributed by atoms with Gasteiger partial charge in [-0.3, -0.25) is 0 Å². The van der Waals surface area contributed by atoms with Gasteiger partial charge in [0.1, 0.15) is 11.9 Å². The Kier molecular flexibility index (Phi) is 2.89. The van der Waals surface area contributed by atoms with Gasteiger partial charge in [0.05, 0.1) is 6.61 Å². The molecule has 21 heavy (non-hydrogen) atoms. The highest BCUT2D eigenvalue weighted by atomic mass is 16.5. The summed E-state index contributed by atoms with van der Waals surface area (Å²) in [6.07, 6.45) is 1.43. The topological polar surface area (TPSA) is 32.7 Å². The Hall–Kier alpha value is -2.00. The third-order valence-corrected chi connectivity index (χ3v) is 4.58. The number of anilines is 1. The lowest BCUT2D eigenvalue weighted by molar-refractivity contribution is 0.220. The van der Waals surface area contributed by atoms with Crippen molar-refractivity contribution >= 4 is 5.69 Å². The first-order valence-electron chi connectivity index (χ1n) is 7.50. The van der Waals surface area contributed by atoms with Crippen LogP contribution in [-0.4, -0.2) is 25.3 Å². The first-order chi connectivity index (χ1) is 10.2. The van der Waals surface area contributed by atoms with Crippen LogP contribution in [0.2, 0.25) is 0 Å². The Labute approximate surface area is 124 Å². The van der Waals surface area contributed by atoms with Crippen molar-refractivity contribution in [1.82, 2.24) is 0 Å². The fourth-order valence-electron chi connectivity index (χ4n) is 3.33. The van der Waals surface area contributed by atoms with E-state index >= 15 is 0 Å². The zero-order valence-electron chi connectivity index (χ0n) is 12.2. The SMILES string of the molecule is CN1CCc2cc(C(O)c3ccc4c(c3)CCO4)ccc21. The maximum atomic E-state index is 10.7. The lowest BCUT2D eigenvalue weighted by atomic mass is 9.97. The van der Waals surface area contributed by atoms with E-state index in [9.17, 15) is 5.11 Å². The standard InChI is InChI=1S/C18H19NO2/c1-19-8-6-12-10-14(2-4-16(12)19)18(20)15-3-5-17-13(11-15)7-9-21-17/h2-5,10-11,18,20H,6-9H2,1H3. The molecule has 2 aromatic carbocycles. The smallest absolute Gasteiger partial charge is 0.122 e. The first-order valence-corrected chi connectivity index (χ1v) is 7.50. The van der Waals surface area contributed by atoms with E-state index in [1.165, 1.54) is 16.8 Å². The number of likely N-dealkylation sites (N-methyl/N-ethyl adjacent to an activating group) is 1. The van der Waals surface area contributed by atoms with E-state index in [-0.39, 0.29) is 0 Å². The van der Waals surface area contributed by atoms with Gasteiger partial charge in [-0.05, 0) is 46.9 Å². The van der Waals surface area contributed by atoms with Crippen molar-refractivity contribution in [2.45, 2.75) is 18.9 Å². The molecule has 3 nitrogen and oxygen atoms in total. The second kappa shape index (κ2) is 4.78. The van der Waals surface area contributed by atoms with E-state index in [2.05, 4.69) is 30.1 Å². The fraction of sp³-hybridized carbons (Fsp3) is 0.333. The van der Waals surface area contributed by atoms with Crippen LogP contribution < -0.4 is 9.64 Å². The summed E-state index contributed by atoms with van der Waals surface area (Å²) < 4.78 is 5.52. The molecule has 3 heteroatoms. The molecule has 2 heterocycles. The third kappa shape index (κ3) is 2.09. The van der Waals surface area contributed by atoms with Gasteiger partial charge in [0, 0.05) is 25.7 Å². The molecule has 0 radical (unpaired) electrons. The third-order valence-electron chi connectivity index (χ3n) is 4.58. The van der Waals surface area contributed by atoms with Gasteiger partial charge in [-0.2, -0.15) is 0 Å². The van der Waals surface area contributed by atoms with Crippen LogP contribution in [0.5, 0.6) is 5.75 Å². The second-order valence-electron chi connectivity index (χ2n) is 5.93. The number of hydrogen-bond donors (Lipinski definition) is 1. The van der Waals surface area contributed by atoms with Crippen molar-refractivity contribution in [1.29, 1.82) is 0 Å². The summed E-state index contributed by atoms with van der Waals surface area (Å²) in [5, 5.41) is 10.7. The summed E-state index contributed by atoms with van der Waals surface area (Å²) in [7, 11) is 2.11. The van der Waals surface area contributed by atoms with Gasteiger partial charge in [-0.1, -0.05) is 18.2 Å². The molecule has 1 atom stereocenters. The monoisotopic (exact) mass is 281 g/mol. The molecule has 2 aromatic rings. The number of rotatable bonds is 2. The largest absolute Gasteiger partial charge is 0.493 e. The minimum atomic E-state index is -0.563. The molecule has 0 bridgehead atoms. The molecule has 0 amide bonds. The van der Waals surface area contributed by atoms with Crippen LogP contribution in [0.1, 0.15) is 28.4 Å². The predicted octanol–water partition coefficient (Wildman–Crippen LogP) is 2.70. The molecule has 0 aliphatic carbocycles. The van der Waals surface area contributed by atoms with Gasteiger partial charge in [-0.15, -0.1) is 0 Å². The van der Waals surface area contributed by atoms with Gasteiger partial charge in [-0.25, -0.2) is 0 Å². The Balaban J connectivity index is 1.67. The Morgan fingerprint density at radius 2 is 1.81 bits per heavy atom. The van der Waals surface area contributed by atoms with Gasteiger partial charge in [0.25, 0.3) is 0 Å². The highest BCUT2D eigenvalue weighted by molar-refractivity contribution is 5.59. The van der Waals surface area contributed by atoms with Crippen molar-refractivity contribution in [2.24, 2.45) is 0 Å². The molecule has 4 rings (SSSR count). The molecule has 2 aliphatic heterocycles. The van der Waals surface area contributed by atoms with Crippen molar-refractivity contribution in [3.05, 3.63) is 58.7 Å². The number of fused-ring (bicyclic) bond motifs is 2. The summed E-state index contributed by atoms with van der Waals surface area (Å²) in [6.45, 7) is 1.81. The van der Waals surface area contributed by atoms with Gasteiger partial charge in [0.15, 0.2) is 0 Å². The molecular weight excluding hydrogens is 262 g/mol. The van der Waals surface area contributed by atoms with E-state index in [1.807, 2.05) is 18.2 Å². The molecule has 0 aromatic heterocycles. The summed E-state index contributed by atoms with van der Waals surface area (Å²) >= 11 is 0. The van der Waals surface area contributed by atoms with E-state index in [4.69, 9.17) is 4.74 Å². The van der Waals surface area contributed by atoms with Crippen molar-refractivity contribution in [3.63, 3.8) is 0 Å². The van der Waals surface area contributed by atoms with Gasteiger partial charge < -0.3 is 14.7 Å². The average Bonchev–Trinajstić information content (AvgIpc) is 3.12. The normalized spacial score (nSPS) is 17.3. The van der Waals surface area contributed by atoms with Crippen molar-refractivity contribution in [2.75, 3.05) is 25.1 Å².